The molecule has 0 fully saturated rings. The van der Waals surface area contributed by atoms with Crippen LogP contribution in [0.1, 0.15) is 22.3 Å². The molecule has 118 valence electrons. The van der Waals surface area contributed by atoms with Gasteiger partial charge >= 0.3 is 0 Å². The van der Waals surface area contributed by atoms with E-state index in [2.05, 4.69) is 18.2 Å². The van der Waals surface area contributed by atoms with E-state index in [4.69, 9.17) is 16.6 Å². The molecule has 2 aromatic carbocycles. The molecule has 0 N–H and O–H groups in total. The summed E-state index contributed by atoms with van der Waals surface area (Å²) in [6, 6.07) is 6.26. The molecule has 3 rings (SSSR count). The largest absolute Gasteiger partial charge is 0.292 e. The van der Waals surface area contributed by atoms with Crippen molar-refractivity contribution in [1.29, 1.82) is 0 Å². The number of rotatable bonds is 2. The smallest absolute Gasteiger partial charge is 0.258 e. The Morgan fingerprint density at radius 2 is 1.70 bits per heavy atom. The molecule has 0 radical (unpaired) electrons. The van der Waals surface area contributed by atoms with E-state index in [-0.39, 0.29) is 10.7 Å². The minimum absolute atomic E-state index is 0.0210. The highest BCUT2D eigenvalue weighted by Crippen LogP contribution is 2.42. The summed E-state index contributed by atoms with van der Waals surface area (Å²) < 4.78 is 0.827. The first-order valence-corrected chi connectivity index (χ1v) is 8.31. The first-order valence-electron chi connectivity index (χ1n) is 7.12. The molecule has 6 heteroatoms. The Bertz CT molecular complexity index is 943. The van der Waals surface area contributed by atoms with Gasteiger partial charge in [-0.05, 0) is 39.8 Å². The molecule has 0 saturated carbocycles. The number of nitro groups is 1. The summed E-state index contributed by atoms with van der Waals surface area (Å²) in [6.45, 7) is 7.60. The van der Waals surface area contributed by atoms with E-state index in [1.165, 1.54) is 11.3 Å². The summed E-state index contributed by atoms with van der Waals surface area (Å²) in [6.07, 6.45) is 0. The number of nitrogens with zero attached hydrogens (tertiary/aromatic N) is 2. The van der Waals surface area contributed by atoms with Crippen molar-refractivity contribution >= 4 is 38.8 Å². The predicted octanol–water partition coefficient (Wildman–Crippen LogP) is 5.76. The van der Waals surface area contributed by atoms with Crippen LogP contribution >= 0.6 is 22.9 Å². The van der Waals surface area contributed by atoms with Crippen LogP contribution in [0.25, 0.3) is 20.8 Å². The second-order valence-electron chi connectivity index (χ2n) is 5.74. The van der Waals surface area contributed by atoms with E-state index in [0.717, 1.165) is 31.9 Å². The third-order valence-electron chi connectivity index (χ3n) is 3.87. The molecular formula is C17H15ClN2O2S. The van der Waals surface area contributed by atoms with Crippen LogP contribution in [-0.4, -0.2) is 9.91 Å². The quantitative estimate of drug-likeness (QED) is 0.438. The zero-order chi connectivity index (χ0) is 16.9. The molecule has 1 heterocycles. The minimum atomic E-state index is -0.416. The molecule has 0 saturated heterocycles. The predicted molar refractivity (Wildman–Crippen MR) is 95.7 cm³/mol. The number of benzene rings is 2. The number of hydrogen-bond acceptors (Lipinski definition) is 4. The van der Waals surface area contributed by atoms with Crippen LogP contribution in [-0.2, 0) is 0 Å². The van der Waals surface area contributed by atoms with Gasteiger partial charge in [-0.15, -0.1) is 11.3 Å². The summed E-state index contributed by atoms with van der Waals surface area (Å²) >= 11 is 7.68. The van der Waals surface area contributed by atoms with Crippen LogP contribution in [0.15, 0.2) is 18.2 Å². The van der Waals surface area contributed by atoms with Crippen molar-refractivity contribution in [1.82, 2.24) is 4.98 Å². The van der Waals surface area contributed by atoms with Crippen molar-refractivity contribution in [2.45, 2.75) is 27.7 Å². The van der Waals surface area contributed by atoms with Gasteiger partial charge in [-0.25, -0.2) is 4.98 Å². The summed E-state index contributed by atoms with van der Waals surface area (Å²) in [5, 5.41) is 12.3. The number of aromatic nitrogens is 1. The summed E-state index contributed by atoms with van der Waals surface area (Å²) in [5.74, 6) is 0. The maximum Gasteiger partial charge on any atom is 0.292 e. The van der Waals surface area contributed by atoms with E-state index in [0.29, 0.717) is 11.1 Å². The van der Waals surface area contributed by atoms with Crippen LogP contribution in [0, 0.1) is 37.8 Å². The van der Waals surface area contributed by atoms with Gasteiger partial charge in [-0.1, -0.05) is 28.8 Å². The van der Waals surface area contributed by atoms with Gasteiger partial charge in [-0.2, -0.15) is 0 Å². The van der Waals surface area contributed by atoms with Gasteiger partial charge in [0.15, 0.2) is 0 Å². The molecule has 0 aliphatic rings. The number of thiazole rings is 1. The van der Waals surface area contributed by atoms with Gasteiger partial charge < -0.3 is 0 Å². The lowest BCUT2D eigenvalue weighted by Gasteiger charge is -2.04. The molecule has 23 heavy (non-hydrogen) atoms. The zero-order valence-electron chi connectivity index (χ0n) is 13.2. The molecule has 0 unspecified atom stereocenters. The SMILES string of the molecule is Cc1cc(C)cc(-c2nc3c(C)c(Cl)c([N+](=O)[O-])c(C)c3s2)c1. The Kier molecular flexibility index (Phi) is 3.86. The lowest BCUT2D eigenvalue weighted by Crippen LogP contribution is -1.95. The Morgan fingerprint density at radius 3 is 2.26 bits per heavy atom. The van der Waals surface area contributed by atoms with Gasteiger partial charge in [0.25, 0.3) is 5.69 Å². The number of nitro benzene ring substituents is 1. The van der Waals surface area contributed by atoms with Crippen molar-refractivity contribution in [3.8, 4) is 10.6 Å². The number of aryl methyl sites for hydroxylation is 4. The van der Waals surface area contributed by atoms with Crippen LogP contribution in [0.5, 0.6) is 0 Å². The molecule has 1 aromatic heterocycles. The lowest BCUT2D eigenvalue weighted by molar-refractivity contribution is -0.385. The Labute approximate surface area is 142 Å². The minimum Gasteiger partial charge on any atom is -0.258 e. The molecule has 0 spiro atoms. The molecule has 0 aliphatic carbocycles. The zero-order valence-corrected chi connectivity index (χ0v) is 14.8. The molecule has 0 atom stereocenters. The van der Waals surface area contributed by atoms with Crippen molar-refractivity contribution in [3.63, 3.8) is 0 Å². The standard InChI is InChI=1S/C17H15ClN2O2S/c1-8-5-9(2)7-12(6-8)17-19-14-10(3)13(18)15(20(21)22)11(4)16(14)23-17/h5-7H,1-4H3. The highest BCUT2D eigenvalue weighted by atomic mass is 35.5. The molecule has 0 bridgehead atoms. The maximum atomic E-state index is 11.3. The van der Waals surface area contributed by atoms with Crippen LogP contribution in [0.2, 0.25) is 5.02 Å². The summed E-state index contributed by atoms with van der Waals surface area (Å²) in [4.78, 5) is 15.6. The Morgan fingerprint density at radius 1 is 1.09 bits per heavy atom. The van der Waals surface area contributed by atoms with Gasteiger partial charge in [-0.3, -0.25) is 10.1 Å². The van der Waals surface area contributed by atoms with Crippen LogP contribution in [0.4, 0.5) is 5.69 Å². The summed E-state index contributed by atoms with van der Waals surface area (Å²) in [7, 11) is 0. The van der Waals surface area contributed by atoms with E-state index < -0.39 is 4.92 Å². The van der Waals surface area contributed by atoms with Crippen LogP contribution in [0.3, 0.4) is 0 Å². The van der Waals surface area contributed by atoms with Crippen molar-refractivity contribution in [3.05, 3.63) is 55.6 Å². The topological polar surface area (TPSA) is 56.0 Å². The molecule has 4 nitrogen and oxygen atoms in total. The number of halogens is 1. The highest BCUT2D eigenvalue weighted by Gasteiger charge is 2.25. The fourth-order valence-electron chi connectivity index (χ4n) is 2.82. The Balaban J connectivity index is 2.33. The van der Waals surface area contributed by atoms with Crippen molar-refractivity contribution in [2.24, 2.45) is 0 Å². The molecule has 0 amide bonds. The van der Waals surface area contributed by atoms with Crippen LogP contribution < -0.4 is 0 Å². The van der Waals surface area contributed by atoms with Crippen molar-refractivity contribution < 1.29 is 4.92 Å². The third kappa shape index (κ3) is 2.60. The second-order valence-corrected chi connectivity index (χ2v) is 7.12. The van der Waals surface area contributed by atoms with E-state index in [1.807, 2.05) is 13.8 Å². The van der Waals surface area contributed by atoms with Gasteiger partial charge in [0.2, 0.25) is 0 Å². The van der Waals surface area contributed by atoms with Gasteiger partial charge in [0.05, 0.1) is 15.1 Å². The van der Waals surface area contributed by atoms with Crippen molar-refractivity contribution in [2.75, 3.05) is 0 Å². The molecular weight excluding hydrogens is 332 g/mol. The first-order chi connectivity index (χ1) is 10.8. The molecule has 0 aliphatic heterocycles. The fraction of sp³-hybridized carbons (Fsp3) is 0.235. The van der Waals surface area contributed by atoms with E-state index in [9.17, 15) is 10.1 Å². The Hall–Kier alpha value is -1.98. The fourth-order valence-corrected chi connectivity index (χ4v) is 4.23. The maximum absolute atomic E-state index is 11.3. The third-order valence-corrected chi connectivity index (χ3v) is 5.55. The van der Waals surface area contributed by atoms with E-state index >= 15 is 0 Å². The average Bonchev–Trinajstić information content (AvgIpc) is 2.89. The second kappa shape index (κ2) is 5.58. The van der Waals surface area contributed by atoms with Gasteiger partial charge in [0, 0.05) is 16.7 Å². The summed E-state index contributed by atoms with van der Waals surface area (Å²) in [5.41, 5.74) is 5.32. The number of hydrogen-bond donors (Lipinski definition) is 0. The lowest BCUT2D eigenvalue weighted by atomic mass is 10.1. The highest BCUT2D eigenvalue weighted by molar-refractivity contribution is 7.22. The molecule has 3 aromatic rings. The van der Waals surface area contributed by atoms with E-state index in [1.54, 1.807) is 13.8 Å². The normalized spacial score (nSPS) is 11.2. The number of fused-ring (bicyclic) bond motifs is 1. The average molecular weight is 347 g/mol. The monoisotopic (exact) mass is 346 g/mol. The first kappa shape index (κ1) is 15.9. The van der Waals surface area contributed by atoms with Gasteiger partial charge in [0.1, 0.15) is 10.0 Å².